The van der Waals surface area contributed by atoms with E-state index >= 15 is 0 Å². The molecule has 0 aliphatic carbocycles. The first-order valence-corrected chi connectivity index (χ1v) is 6.04. The van der Waals surface area contributed by atoms with Crippen LogP contribution < -0.4 is 10.5 Å². The number of aryl methyl sites for hydroxylation is 1. The largest absolute Gasteiger partial charge is 0.487 e. The summed E-state index contributed by atoms with van der Waals surface area (Å²) in [6, 6.07) is 9.50. The number of hydrogen-bond donors (Lipinski definition) is 1. The normalized spacial score (nSPS) is 10.2. The highest BCUT2D eigenvalue weighted by Gasteiger charge is 1.99. The average molecular weight is 293 g/mol. The van der Waals surface area contributed by atoms with Gasteiger partial charge in [0.15, 0.2) is 0 Å². The van der Waals surface area contributed by atoms with E-state index in [1.165, 1.54) is 0 Å². The number of pyridine rings is 1. The smallest absolute Gasteiger partial charge is 0.130 e. The maximum absolute atomic E-state index is 5.74. The van der Waals surface area contributed by atoms with Crippen LogP contribution in [-0.2, 0) is 6.61 Å². The Balaban J connectivity index is 2.02. The lowest BCUT2D eigenvalue weighted by Gasteiger charge is -2.07. The minimum atomic E-state index is 0.455. The predicted molar refractivity (Wildman–Crippen MR) is 71.9 cm³/mol. The zero-order chi connectivity index (χ0) is 12.3. The molecule has 0 bridgehead atoms. The van der Waals surface area contributed by atoms with Crippen LogP contribution in [0.5, 0.6) is 5.75 Å². The number of nitrogens with two attached hydrogens (primary N) is 1. The lowest BCUT2D eigenvalue weighted by atomic mass is 10.2. The minimum Gasteiger partial charge on any atom is -0.487 e. The number of nitrogen functional groups attached to an aromatic ring is 1. The highest BCUT2D eigenvalue weighted by molar-refractivity contribution is 9.10. The predicted octanol–water partition coefficient (Wildman–Crippen LogP) is 3.31. The second-order valence-corrected chi connectivity index (χ2v) is 4.69. The molecule has 0 saturated carbocycles. The summed E-state index contributed by atoms with van der Waals surface area (Å²) < 4.78 is 6.60. The van der Waals surface area contributed by atoms with Crippen LogP contribution in [-0.4, -0.2) is 4.98 Å². The molecule has 1 heterocycles. The van der Waals surface area contributed by atoms with Crippen molar-refractivity contribution in [1.82, 2.24) is 4.98 Å². The quantitative estimate of drug-likeness (QED) is 0.883. The Labute approximate surface area is 109 Å². The van der Waals surface area contributed by atoms with Gasteiger partial charge in [0.25, 0.3) is 0 Å². The van der Waals surface area contributed by atoms with E-state index in [-0.39, 0.29) is 0 Å². The van der Waals surface area contributed by atoms with Gasteiger partial charge in [0, 0.05) is 16.4 Å². The van der Waals surface area contributed by atoms with Crippen molar-refractivity contribution in [3.63, 3.8) is 0 Å². The number of aromatic nitrogens is 1. The molecule has 0 atom stereocenters. The summed E-state index contributed by atoms with van der Waals surface area (Å²) in [4.78, 5) is 4.24. The van der Waals surface area contributed by atoms with Gasteiger partial charge in [0.2, 0.25) is 0 Å². The van der Waals surface area contributed by atoms with Crippen LogP contribution in [0.3, 0.4) is 0 Å². The van der Waals surface area contributed by atoms with Crippen molar-refractivity contribution in [3.05, 3.63) is 52.3 Å². The molecule has 0 fully saturated rings. The van der Waals surface area contributed by atoms with E-state index in [0.717, 1.165) is 27.2 Å². The van der Waals surface area contributed by atoms with Gasteiger partial charge in [0.1, 0.15) is 12.4 Å². The molecule has 4 heteroatoms. The fraction of sp³-hybridized carbons (Fsp3) is 0.154. The van der Waals surface area contributed by atoms with Crippen LogP contribution in [0.2, 0.25) is 0 Å². The maximum atomic E-state index is 5.74. The lowest BCUT2D eigenvalue weighted by Crippen LogP contribution is -1.98. The van der Waals surface area contributed by atoms with Crippen LogP contribution in [0.1, 0.15) is 11.3 Å². The fourth-order valence-corrected chi connectivity index (χ4v) is 1.62. The van der Waals surface area contributed by atoms with E-state index in [1.807, 2.05) is 37.3 Å². The molecule has 1 aromatic heterocycles. The van der Waals surface area contributed by atoms with E-state index in [0.29, 0.717) is 6.61 Å². The highest BCUT2D eigenvalue weighted by atomic mass is 79.9. The van der Waals surface area contributed by atoms with Crippen LogP contribution >= 0.6 is 15.9 Å². The first kappa shape index (κ1) is 11.9. The maximum Gasteiger partial charge on any atom is 0.130 e. The molecular weight excluding hydrogens is 280 g/mol. The monoisotopic (exact) mass is 292 g/mol. The van der Waals surface area contributed by atoms with Gasteiger partial charge in [-0.3, -0.25) is 4.98 Å². The van der Waals surface area contributed by atoms with Gasteiger partial charge in [-0.05, 0) is 58.7 Å². The van der Waals surface area contributed by atoms with Crippen LogP contribution in [0.4, 0.5) is 5.69 Å². The first-order chi connectivity index (χ1) is 8.15. The van der Waals surface area contributed by atoms with E-state index in [1.54, 1.807) is 6.20 Å². The molecule has 17 heavy (non-hydrogen) atoms. The van der Waals surface area contributed by atoms with E-state index in [2.05, 4.69) is 20.9 Å². The Morgan fingerprint density at radius 1 is 1.29 bits per heavy atom. The molecule has 88 valence electrons. The summed E-state index contributed by atoms with van der Waals surface area (Å²) in [6.45, 7) is 2.41. The number of ether oxygens (including phenoxy) is 1. The number of rotatable bonds is 3. The van der Waals surface area contributed by atoms with E-state index in [9.17, 15) is 0 Å². The average Bonchev–Trinajstić information content (AvgIpc) is 2.33. The molecule has 0 radical (unpaired) electrons. The third kappa shape index (κ3) is 3.20. The van der Waals surface area contributed by atoms with Crippen molar-refractivity contribution in [2.75, 3.05) is 5.73 Å². The van der Waals surface area contributed by atoms with Crippen molar-refractivity contribution in [2.45, 2.75) is 13.5 Å². The molecule has 0 saturated heterocycles. The Morgan fingerprint density at radius 2 is 2.12 bits per heavy atom. The summed E-state index contributed by atoms with van der Waals surface area (Å²) in [5.74, 6) is 0.807. The van der Waals surface area contributed by atoms with E-state index in [4.69, 9.17) is 10.5 Å². The Bertz CT molecular complexity index is 511. The van der Waals surface area contributed by atoms with Gasteiger partial charge >= 0.3 is 0 Å². The zero-order valence-electron chi connectivity index (χ0n) is 9.48. The van der Waals surface area contributed by atoms with Gasteiger partial charge in [-0.1, -0.05) is 0 Å². The van der Waals surface area contributed by atoms with Crippen molar-refractivity contribution < 1.29 is 4.74 Å². The lowest BCUT2D eigenvalue weighted by molar-refractivity contribution is 0.301. The van der Waals surface area contributed by atoms with Crippen molar-refractivity contribution in [2.24, 2.45) is 0 Å². The van der Waals surface area contributed by atoms with Gasteiger partial charge in [0.05, 0.1) is 5.69 Å². The molecule has 0 amide bonds. The Kier molecular flexibility index (Phi) is 3.64. The first-order valence-electron chi connectivity index (χ1n) is 5.24. The molecule has 2 rings (SSSR count). The third-order valence-corrected chi connectivity index (χ3v) is 2.89. The van der Waals surface area contributed by atoms with Crippen LogP contribution in [0, 0.1) is 6.92 Å². The molecule has 2 aromatic rings. The SMILES string of the molecule is Cc1cc(OCc2ccc(Br)cn2)ccc1N. The number of halogens is 1. The molecule has 1 aromatic carbocycles. The third-order valence-electron chi connectivity index (χ3n) is 2.42. The van der Waals surface area contributed by atoms with Crippen molar-refractivity contribution in [3.8, 4) is 5.75 Å². The van der Waals surface area contributed by atoms with Crippen molar-refractivity contribution in [1.29, 1.82) is 0 Å². The van der Waals surface area contributed by atoms with Gasteiger partial charge in [-0.25, -0.2) is 0 Å². The van der Waals surface area contributed by atoms with Gasteiger partial charge in [-0.15, -0.1) is 0 Å². The number of hydrogen-bond acceptors (Lipinski definition) is 3. The molecule has 0 aliphatic rings. The molecule has 0 aliphatic heterocycles. The second kappa shape index (κ2) is 5.19. The van der Waals surface area contributed by atoms with E-state index < -0.39 is 0 Å². The van der Waals surface area contributed by atoms with Gasteiger partial charge in [-0.2, -0.15) is 0 Å². The summed E-state index contributed by atoms with van der Waals surface area (Å²) in [5, 5.41) is 0. The van der Waals surface area contributed by atoms with Gasteiger partial charge < -0.3 is 10.5 Å². The van der Waals surface area contributed by atoms with Crippen LogP contribution in [0.15, 0.2) is 41.0 Å². The molecule has 0 spiro atoms. The highest BCUT2D eigenvalue weighted by Crippen LogP contribution is 2.19. The number of anilines is 1. The Morgan fingerprint density at radius 3 is 2.76 bits per heavy atom. The molecule has 3 nitrogen and oxygen atoms in total. The number of benzene rings is 1. The fourth-order valence-electron chi connectivity index (χ4n) is 1.39. The summed E-state index contributed by atoms with van der Waals surface area (Å²) in [7, 11) is 0. The topological polar surface area (TPSA) is 48.1 Å². The second-order valence-electron chi connectivity index (χ2n) is 3.77. The zero-order valence-corrected chi connectivity index (χ0v) is 11.1. The van der Waals surface area contributed by atoms with Crippen LogP contribution in [0.25, 0.3) is 0 Å². The standard InChI is InChI=1S/C13H13BrN2O/c1-9-6-12(4-5-13(9)15)17-8-11-3-2-10(14)7-16-11/h2-7H,8,15H2,1H3. The van der Waals surface area contributed by atoms with Crippen molar-refractivity contribution >= 4 is 21.6 Å². The number of nitrogens with zero attached hydrogens (tertiary/aromatic N) is 1. The summed E-state index contributed by atoms with van der Waals surface area (Å²) in [6.07, 6.45) is 1.76. The summed E-state index contributed by atoms with van der Waals surface area (Å²) >= 11 is 3.34. The molecule has 0 unspecified atom stereocenters. The molecular formula is C13H13BrN2O. The molecule has 2 N–H and O–H groups in total. The Hall–Kier alpha value is -1.55. The minimum absolute atomic E-state index is 0.455. The summed E-state index contributed by atoms with van der Waals surface area (Å²) in [5.41, 5.74) is 8.43.